The molecule has 0 saturated carbocycles. The van der Waals surface area contributed by atoms with E-state index in [1.54, 1.807) is 7.05 Å². The molecule has 0 aliphatic rings. The minimum absolute atomic E-state index is 0. The van der Waals surface area contributed by atoms with Gasteiger partial charge in [-0.25, -0.2) is 0 Å². The second-order valence-corrected chi connectivity index (χ2v) is 3.27. The average molecular weight is 260 g/mol. The van der Waals surface area contributed by atoms with Gasteiger partial charge in [0.2, 0.25) is 0 Å². The Kier molecular flexibility index (Phi) is 5.42. The topological polar surface area (TPSA) is 12.0 Å². The zero-order chi connectivity index (χ0) is 10.8. The summed E-state index contributed by atoms with van der Waals surface area (Å²) in [6, 6.07) is 3.55. The quantitative estimate of drug-likeness (QED) is 0.858. The van der Waals surface area contributed by atoms with Crippen molar-refractivity contribution in [3.05, 3.63) is 34.3 Å². The summed E-state index contributed by atoms with van der Waals surface area (Å²) < 4.78 is 37.3. The van der Waals surface area contributed by atoms with E-state index in [2.05, 4.69) is 5.32 Å². The highest BCUT2D eigenvalue weighted by atomic mass is 35.5. The van der Waals surface area contributed by atoms with Crippen molar-refractivity contribution >= 4 is 24.0 Å². The Hall–Kier alpha value is -0.450. The van der Waals surface area contributed by atoms with E-state index < -0.39 is 11.7 Å². The van der Waals surface area contributed by atoms with Crippen LogP contribution in [-0.2, 0) is 12.7 Å². The van der Waals surface area contributed by atoms with E-state index in [4.69, 9.17) is 11.6 Å². The van der Waals surface area contributed by atoms with Gasteiger partial charge in [-0.1, -0.05) is 11.6 Å². The molecule has 1 aromatic carbocycles. The SMILES string of the molecule is CNCc1cc(Cl)ccc1C(F)(F)F.Cl. The molecule has 0 bridgehead atoms. The van der Waals surface area contributed by atoms with Crippen molar-refractivity contribution in [2.75, 3.05) is 7.05 Å². The fraction of sp³-hybridized carbons (Fsp3) is 0.333. The van der Waals surface area contributed by atoms with E-state index in [0.717, 1.165) is 6.07 Å². The van der Waals surface area contributed by atoms with Crippen molar-refractivity contribution in [3.63, 3.8) is 0 Å². The number of halogens is 5. The number of hydrogen-bond donors (Lipinski definition) is 1. The van der Waals surface area contributed by atoms with E-state index >= 15 is 0 Å². The van der Waals surface area contributed by atoms with Crippen LogP contribution in [0, 0.1) is 0 Å². The molecule has 0 aliphatic heterocycles. The molecule has 0 heterocycles. The summed E-state index contributed by atoms with van der Waals surface area (Å²) in [5, 5.41) is 2.97. The number of benzene rings is 1. The molecule has 1 rings (SSSR count). The van der Waals surface area contributed by atoms with Crippen LogP contribution in [0.2, 0.25) is 5.02 Å². The van der Waals surface area contributed by atoms with Gasteiger partial charge in [0, 0.05) is 11.6 Å². The number of hydrogen-bond acceptors (Lipinski definition) is 1. The molecule has 1 aromatic rings. The van der Waals surface area contributed by atoms with Crippen molar-refractivity contribution in [2.24, 2.45) is 0 Å². The van der Waals surface area contributed by atoms with Crippen molar-refractivity contribution in [3.8, 4) is 0 Å². The van der Waals surface area contributed by atoms with Crippen LogP contribution in [0.4, 0.5) is 13.2 Å². The summed E-state index contributed by atoms with van der Waals surface area (Å²) in [6.45, 7) is 0.148. The molecule has 6 heteroatoms. The molecular formula is C9H10Cl2F3N. The van der Waals surface area contributed by atoms with Crippen LogP contribution in [0.3, 0.4) is 0 Å². The molecule has 0 aromatic heterocycles. The number of nitrogens with one attached hydrogen (secondary N) is 1. The molecule has 86 valence electrons. The van der Waals surface area contributed by atoms with Gasteiger partial charge >= 0.3 is 6.18 Å². The molecule has 0 amide bonds. The van der Waals surface area contributed by atoms with Crippen molar-refractivity contribution in [2.45, 2.75) is 12.7 Å². The highest BCUT2D eigenvalue weighted by molar-refractivity contribution is 6.30. The molecule has 0 aliphatic carbocycles. The normalized spacial score (nSPS) is 11.0. The molecule has 0 saturated heterocycles. The Morgan fingerprint density at radius 1 is 1.33 bits per heavy atom. The lowest BCUT2D eigenvalue weighted by Gasteiger charge is -2.12. The van der Waals surface area contributed by atoms with Crippen LogP contribution in [0.15, 0.2) is 18.2 Å². The summed E-state index contributed by atoms with van der Waals surface area (Å²) in [4.78, 5) is 0. The first kappa shape index (κ1) is 14.5. The highest BCUT2D eigenvalue weighted by Gasteiger charge is 2.32. The third-order valence-electron chi connectivity index (χ3n) is 1.74. The molecule has 0 spiro atoms. The first-order valence-electron chi connectivity index (χ1n) is 3.95. The van der Waals surface area contributed by atoms with Gasteiger partial charge in [-0.15, -0.1) is 12.4 Å². The second-order valence-electron chi connectivity index (χ2n) is 2.83. The zero-order valence-corrected chi connectivity index (χ0v) is 9.43. The first-order valence-corrected chi connectivity index (χ1v) is 4.33. The van der Waals surface area contributed by atoms with E-state index in [0.29, 0.717) is 5.02 Å². The summed E-state index contributed by atoms with van der Waals surface area (Å²) in [7, 11) is 1.58. The monoisotopic (exact) mass is 259 g/mol. The molecule has 0 unspecified atom stereocenters. The summed E-state index contributed by atoms with van der Waals surface area (Å²) in [5.41, 5.74) is -0.483. The predicted molar refractivity (Wildman–Crippen MR) is 56.5 cm³/mol. The summed E-state index contributed by atoms with van der Waals surface area (Å²) in [5.74, 6) is 0. The van der Waals surface area contributed by atoms with Crippen LogP contribution in [0.25, 0.3) is 0 Å². The van der Waals surface area contributed by atoms with Gasteiger partial charge in [0.05, 0.1) is 5.56 Å². The molecule has 1 nitrogen and oxygen atoms in total. The maximum absolute atomic E-state index is 12.4. The van der Waals surface area contributed by atoms with E-state index in [1.165, 1.54) is 12.1 Å². The fourth-order valence-electron chi connectivity index (χ4n) is 1.18. The van der Waals surface area contributed by atoms with Gasteiger partial charge in [-0.2, -0.15) is 13.2 Å². The maximum atomic E-state index is 12.4. The van der Waals surface area contributed by atoms with Gasteiger partial charge in [0.15, 0.2) is 0 Å². The van der Waals surface area contributed by atoms with Crippen LogP contribution in [-0.4, -0.2) is 7.05 Å². The first-order chi connectivity index (χ1) is 6.45. The maximum Gasteiger partial charge on any atom is 0.416 e. The van der Waals surface area contributed by atoms with Crippen LogP contribution in [0.5, 0.6) is 0 Å². The third-order valence-corrected chi connectivity index (χ3v) is 1.98. The van der Waals surface area contributed by atoms with E-state index in [-0.39, 0.29) is 24.5 Å². The largest absolute Gasteiger partial charge is 0.416 e. The lowest BCUT2D eigenvalue weighted by molar-refractivity contribution is -0.138. The van der Waals surface area contributed by atoms with E-state index in [9.17, 15) is 13.2 Å². The minimum Gasteiger partial charge on any atom is -0.316 e. The third kappa shape index (κ3) is 3.89. The molecule has 0 radical (unpaired) electrons. The standard InChI is InChI=1S/C9H9ClF3N.ClH/c1-14-5-6-4-7(10)2-3-8(6)9(11,12)13;/h2-4,14H,5H2,1H3;1H. The van der Waals surface area contributed by atoms with Gasteiger partial charge in [-0.05, 0) is 30.8 Å². The molecule has 0 fully saturated rings. The number of alkyl halides is 3. The van der Waals surface area contributed by atoms with Gasteiger partial charge in [-0.3, -0.25) is 0 Å². The van der Waals surface area contributed by atoms with E-state index in [1.807, 2.05) is 0 Å². The Labute approximate surface area is 97.0 Å². The molecular weight excluding hydrogens is 250 g/mol. The Morgan fingerprint density at radius 3 is 2.40 bits per heavy atom. The zero-order valence-electron chi connectivity index (χ0n) is 7.86. The Balaban J connectivity index is 0.00000196. The predicted octanol–water partition coefficient (Wildman–Crippen LogP) is 3.50. The summed E-state index contributed by atoms with van der Waals surface area (Å²) in [6.07, 6.45) is -4.32. The molecule has 0 atom stereocenters. The molecule has 1 N–H and O–H groups in total. The van der Waals surface area contributed by atoms with Crippen LogP contribution in [0.1, 0.15) is 11.1 Å². The van der Waals surface area contributed by atoms with Crippen molar-refractivity contribution in [1.82, 2.24) is 5.32 Å². The van der Waals surface area contributed by atoms with Gasteiger partial charge in [0.1, 0.15) is 0 Å². The van der Waals surface area contributed by atoms with Gasteiger partial charge in [0.25, 0.3) is 0 Å². The van der Waals surface area contributed by atoms with Crippen molar-refractivity contribution in [1.29, 1.82) is 0 Å². The fourth-order valence-corrected chi connectivity index (χ4v) is 1.37. The average Bonchev–Trinajstić information content (AvgIpc) is 2.02. The Morgan fingerprint density at radius 2 is 1.93 bits per heavy atom. The Bertz CT molecular complexity index is 326. The second kappa shape index (κ2) is 5.58. The minimum atomic E-state index is -4.32. The summed E-state index contributed by atoms with van der Waals surface area (Å²) >= 11 is 5.61. The smallest absolute Gasteiger partial charge is 0.316 e. The van der Waals surface area contributed by atoms with Crippen LogP contribution < -0.4 is 5.32 Å². The van der Waals surface area contributed by atoms with Gasteiger partial charge < -0.3 is 5.32 Å². The lowest BCUT2D eigenvalue weighted by Crippen LogP contribution is -2.14. The van der Waals surface area contributed by atoms with Crippen molar-refractivity contribution < 1.29 is 13.2 Å². The number of rotatable bonds is 2. The molecule has 15 heavy (non-hydrogen) atoms. The lowest BCUT2D eigenvalue weighted by atomic mass is 10.1. The highest BCUT2D eigenvalue weighted by Crippen LogP contribution is 2.33. The van der Waals surface area contributed by atoms with Crippen LogP contribution >= 0.6 is 24.0 Å².